The average molecular weight is 339 g/mol. The molecule has 1 saturated heterocycles. The van der Waals surface area contributed by atoms with Gasteiger partial charge in [0.2, 0.25) is 0 Å². The summed E-state index contributed by atoms with van der Waals surface area (Å²) in [4.78, 5) is 14.4. The van der Waals surface area contributed by atoms with E-state index in [-0.39, 0.29) is 5.56 Å². The zero-order valence-corrected chi connectivity index (χ0v) is 14.6. The van der Waals surface area contributed by atoms with Crippen molar-refractivity contribution < 1.29 is 4.74 Å². The molecule has 132 valence electrons. The van der Waals surface area contributed by atoms with E-state index in [1.165, 1.54) is 25.9 Å². The van der Waals surface area contributed by atoms with E-state index in [9.17, 15) is 4.79 Å². The molecule has 2 aliphatic rings. The summed E-state index contributed by atoms with van der Waals surface area (Å²) in [7, 11) is 0. The summed E-state index contributed by atoms with van der Waals surface area (Å²) in [6.45, 7) is 4.37. The van der Waals surface area contributed by atoms with E-state index < -0.39 is 0 Å². The number of nitrogens with zero attached hydrogens (tertiary/aromatic N) is 2. The number of fused-ring (bicyclic) bond motifs is 1. The molecule has 1 aromatic heterocycles. The Balaban J connectivity index is 1.37. The monoisotopic (exact) mass is 339 g/mol. The lowest BCUT2D eigenvalue weighted by Gasteiger charge is -2.14. The molecule has 0 unspecified atom stereocenters. The van der Waals surface area contributed by atoms with Crippen LogP contribution in [0, 0.1) is 0 Å². The van der Waals surface area contributed by atoms with Gasteiger partial charge in [0.1, 0.15) is 5.75 Å². The van der Waals surface area contributed by atoms with Crippen LogP contribution in [-0.4, -0.2) is 41.3 Å². The van der Waals surface area contributed by atoms with Gasteiger partial charge in [-0.05, 0) is 81.4 Å². The number of rotatable bonds is 6. The number of aromatic nitrogens is 2. The summed E-state index contributed by atoms with van der Waals surface area (Å²) in [5.41, 5.74) is 3.94. The third-order valence-electron chi connectivity index (χ3n) is 5.26. The van der Waals surface area contributed by atoms with Crippen molar-refractivity contribution in [1.82, 2.24) is 15.1 Å². The smallest absolute Gasteiger partial charge is 0.267 e. The second-order valence-electron chi connectivity index (χ2n) is 6.99. The molecule has 2 aromatic rings. The number of aromatic amines is 1. The number of hydrogen-bond acceptors (Lipinski definition) is 4. The highest BCUT2D eigenvalue weighted by Crippen LogP contribution is 2.29. The predicted molar refractivity (Wildman–Crippen MR) is 98.1 cm³/mol. The Morgan fingerprint density at radius 2 is 1.80 bits per heavy atom. The van der Waals surface area contributed by atoms with Crippen molar-refractivity contribution >= 4 is 0 Å². The molecule has 5 nitrogen and oxygen atoms in total. The molecule has 1 aliphatic heterocycles. The van der Waals surface area contributed by atoms with E-state index in [0.29, 0.717) is 0 Å². The van der Waals surface area contributed by atoms with Crippen molar-refractivity contribution in [1.29, 1.82) is 0 Å². The number of benzene rings is 1. The Morgan fingerprint density at radius 3 is 2.60 bits per heavy atom. The molecule has 4 rings (SSSR count). The first-order chi connectivity index (χ1) is 12.3. The molecule has 0 atom stereocenters. The molecular weight excluding hydrogens is 314 g/mol. The van der Waals surface area contributed by atoms with Crippen LogP contribution in [0.15, 0.2) is 29.1 Å². The van der Waals surface area contributed by atoms with E-state index in [4.69, 9.17) is 4.74 Å². The zero-order valence-electron chi connectivity index (χ0n) is 14.6. The fourth-order valence-electron chi connectivity index (χ4n) is 3.93. The van der Waals surface area contributed by atoms with Crippen LogP contribution < -0.4 is 10.3 Å². The van der Waals surface area contributed by atoms with Crippen molar-refractivity contribution in [3.63, 3.8) is 0 Å². The SMILES string of the molecule is O=c1[nH]nc(-c2ccc(OCCCN3CCCC3)cc2)c2c1CCC2. The van der Waals surface area contributed by atoms with Gasteiger partial charge in [-0.2, -0.15) is 5.10 Å². The van der Waals surface area contributed by atoms with Crippen LogP contribution in [0.2, 0.25) is 0 Å². The maximum Gasteiger partial charge on any atom is 0.267 e. The van der Waals surface area contributed by atoms with Crippen molar-refractivity contribution in [2.45, 2.75) is 38.5 Å². The van der Waals surface area contributed by atoms with Crippen LogP contribution >= 0.6 is 0 Å². The van der Waals surface area contributed by atoms with Gasteiger partial charge in [0.05, 0.1) is 12.3 Å². The molecule has 0 radical (unpaired) electrons. The Labute approximate surface area is 148 Å². The van der Waals surface area contributed by atoms with Gasteiger partial charge in [0.25, 0.3) is 5.56 Å². The highest BCUT2D eigenvalue weighted by molar-refractivity contribution is 5.65. The lowest BCUT2D eigenvalue weighted by atomic mass is 10.0. The van der Waals surface area contributed by atoms with Crippen LogP contribution in [0.5, 0.6) is 5.75 Å². The molecule has 0 saturated carbocycles. The second kappa shape index (κ2) is 7.40. The molecule has 1 fully saturated rings. The molecule has 0 bridgehead atoms. The molecule has 0 spiro atoms. The van der Waals surface area contributed by atoms with Gasteiger partial charge in [-0.1, -0.05) is 0 Å². The first-order valence-electron chi connectivity index (χ1n) is 9.37. The predicted octanol–water partition coefficient (Wildman–Crippen LogP) is 2.79. The summed E-state index contributed by atoms with van der Waals surface area (Å²) in [6, 6.07) is 8.07. The normalized spacial score (nSPS) is 17.0. The third kappa shape index (κ3) is 3.61. The highest BCUT2D eigenvalue weighted by Gasteiger charge is 2.20. The lowest BCUT2D eigenvalue weighted by molar-refractivity contribution is 0.263. The number of ether oxygens (including phenoxy) is 1. The van der Waals surface area contributed by atoms with E-state index in [1.54, 1.807) is 0 Å². The minimum atomic E-state index is -0.0331. The lowest BCUT2D eigenvalue weighted by Crippen LogP contribution is -2.21. The van der Waals surface area contributed by atoms with E-state index in [1.807, 2.05) is 24.3 Å². The van der Waals surface area contributed by atoms with Crippen molar-refractivity contribution in [3.05, 3.63) is 45.7 Å². The van der Waals surface area contributed by atoms with Crippen LogP contribution in [0.25, 0.3) is 11.3 Å². The van der Waals surface area contributed by atoms with Crippen molar-refractivity contribution in [2.24, 2.45) is 0 Å². The molecule has 1 aromatic carbocycles. The number of H-pyrrole nitrogens is 1. The van der Waals surface area contributed by atoms with Crippen LogP contribution in [0.1, 0.15) is 36.8 Å². The zero-order chi connectivity index (χ0) is 17.1. The van der Waals surface area contributed by atoms with Crippen molar-refractivity contribution in [3.8, 4) is 17.0 Å². The Kier molecular flexibility index (Phi) is 4.83. The van der Waals surface area contributed by atoms with Gasteiger partial charge < -0.3 is 9.64 Å². The average Bonchev–Trinajstić information content (AvgIpc) is 3.32. The first kappa shape index (κ1) is 16.3. The Morgan fingerprint density at radius 1 is 1.04 bits per heavy atom. The molecule has 5 heteroatoms. The third-order valence-corrected chi connectivity index (χ3v) is 5.26. The van der Waals surface area contributed by atoms with E-state index >= 15 is 0 Å². The quantitative estimate of drug-likeness (QED) is 0.822. The topological polar surface area (TPSA) is 58.2 Å². The molecule has 2 heterocycles. The van der Waals surface area contributed by atoms with Gasteiger partial charge in [0.15, 0.2) is 0 Å². The standard InChI is InChI=1S/C20H25N3O2/c24-20-18-6-3-5-17(18)19(21-22-20)15-7-9-16(10-8-15)25-14-4-13-23-11-1-2-12-23/h7-10H,1-6,11-14H2,(H,22,24). The minimum Gasteiger partial charge on any atom is -0.494 e. The molecular formula is C20H25N3O2. The number of hydrogen-bond donors (Lipinski definition) is 1. The van der Waals surface area contributed by atoms with Gasteiger partial charge in [-0.3, -0.25) is 4.79 Å². The molecule has 1 aliphatic carbocycles. The highest BCUT2D eigenvalue weighted by atomic mass is 16.5. The maximum atomic E-state index is 11.8. The van der Waals surface area contributed by atoms with Gasteiger partial charge in [0, 0.05) is 17.7 Å². The molecule has 25 heavy (non-hydrogen) atoms. The summed E-state index contributed by atoms with van der Waals surface area (Å²) >= 11 is 0. The number of likely N-dealkylation sites (tertiary alicyclic amines) is 1. The minimum absolute atomic E-state index is 0.0331. The molecule has 0 amide bonds. The van der Waals surface area contributed by atoms with Gasteiger partial charge >= 0.3 is 0 Å². The van der Waals surface area contributed by atoms with Crippen LogP contribution in [-0.2, 0) is 12.8 Å². The largest absolute Gasteiger partial charge is 0.494 e. The van der Waals surface area contributed by atoms with Crippen molar-refractivity contribution in [2.75, 3.05) is 26.2 Å². The van der Waals surface area contributed by atoms with E-state index in [2.05, 4.69) is 15.1 Å². The maximum absolute atomic E-state index is 11.8. The second-order valence-corrected chi connectivity index (χ2v) is 6.99. The number of nitrogens with one attached hydrogen (secondary N) is 1. The van der Waals surface area contributed by atoms with Crippen LogP contribution in [0.4, 0.5) is 0 Å². The van der Waals surface area contributed by atoms with Gasteiger partial charge in [-0.15, -0.1) is 0 Å². The Bertz CT molecular complexity index is 777. The Hall–Kier alpha value is -2.14. The molecule has 1 N–H and O–H groups in total. The summed E-state index contributed by atoms with van der Waals surface area (Å²) in [5, 5.41) is 6.93. The fourth-order valence-corrected chi connectivity index (χ4v) is 3.93. The van der Waals surface area contributed by atoms with Gasteiger partial charge in [-0.25, -0.2) is 5.10 Å². The van der Waals surface area contributed by atoms with E-state index in [0.717, 1.165) is 67.0 Å². The summed E-state index contributed by atoms with van der Waals surface area (Å²) in [5.74, 6) is 0.895. The fraction of sp³-hybridized carbons (Fsp3) is 0.500. The first-order valence-corrected chi connectivity index (χ1v) is 9.37. The summed E-state index contributed by atoms with van der Waals surface area (Å²) in [6.07, 6.45) is 6.58. The van der Waals surface area contributed by atoms with Crippen LogP contribution in [0.3, 0.4) is 0 Å². The summed E-state index contributed by atoms with van der Waals surface area (Å²) < 4.78 is 5.86.